The zero-order valence-corrected chi connectivity index (χ0v) is 16.5. The van der Waals surface area contributed by atoms with Gasteiger partial charge in [-0.25, -0.2) is 31.9 Å². The molecule has 0 spiro atoms. The monoisotopic (exact) mass is 436 g/mol. The first-order valence-corrected chi connectivity index (χ1v) is 10.0. The lowest BCUT2D eigenvalue weighted by molar-refractivity contribution is 0.163. The predicted molar refractivity (Wildman–Crippen MR) is 109 cm³/mol. The molecule has 4 rings (SSSR count). The van der Waals surface area contributed by atoms with Crippen LogP contribution in [0, 0.1) is 17.6 Å². The third kappa shape index (κ3) is 4.70. The highest BCUT2D eigenvalue weighted by molar-refractivity contribution is 5.80. The summed E-state index contributed by atoms with van der Waals surface area (Å²) in [6.07, 6.45) is -3.30. The average molecular weight is 436 g/mol. The molecule has 0 radical (unpaired) electrons. The normalized spacial score (nSPS) is 16.1. The quantitative estimate of drug-likeness (QED) is 0.517. The standard InChI is InChI=1S/C22H21F5N4/c23-14-5-6-15(16(24)11-14)20(27)13-7-9-31(10-8-13)22-21(28-12-19(25)26)29-17-3-1-2-4-18(17)30-22/h1-6,11,13,19-20H,7-10,12H2,(H,28,29). The van der Waals surface area contributed by atoms with Crippen LogP contribution < -0.4 is 10.2 Å². The number of nitrogens with zero attached hydrogens (tertiary/aromatic N) is 3. The summed E-state index contributed by atoms with van der Waals surface area (Å²) < 4.78 is 67.5. The van der Waals surface area contributed by atoms with Gasteiger partial charge in [0, 0.05) is 24.7 Å². The van der Waals surface area contributed by atoms with Crippen molar-refractivity contribution in [2.24, 2.45) is 5.92 Å². The smallest absolute Gasteiger partial charge is 0.255 e. The van der Waals surface area contributed by atoms with Crippen molar-refractivity contribution in [3.8, 4) is 0 Å². The summed E-state index contributed by atoms with van der Waals surface area (Å²) in [6.45, 7) is 0.251. The van der Waals surface area contributed by atoms with E-state index in [0.717, 1.165) is 12.1 Å². The van der Waals surface area contributed by atoms with Crippen molar-refractivity contribution < 1.29 is 22.0 Å². The van der Waals surface area contributed by atoms with Gasteiger partial charge in [-0.05, 0) is 37.0 Å². The summed E-state index contributed by atoms with van der Waals surface area (Å²) in [5, 5.41) is 2.65. The number of hydrogen-bond acceptors (Lipinski definition) is 4. The van der Waals surface area contributed by atoms with Gasteiger partial charge in [0.2, 0.25) is 0 Å². The molecule has 1 N–H and O–H groups in total. The Hall–Kier alpha value is -2.97. The average Bonchev–Trinajstić information content (AvgIpc) is 2.76. The number of aromatic nitrogens is 2. The van der Waals surface area contributed by atoms with Crippen LogP contribution in [0.15, 0.2) is 42.5 Å². The lowest BCUT2D eigenvalue weighted by Gasteiger charge is -2.35. The second-order valence-corrected chi connectivity index (χ2v) is 7.55. The number of fused-ring (bicyclic) bond motifs is 1. The van der Waals surface area contributed by atoms with E-state index in [1.165, 1.54) is 0 Å². The van der Waals surface area contributed by atoms with Gasteiger partial charge in [0.05, 0.1) is 17.6 Å². The number of benzene rings is 2. The van der Waals surface area contributed by atoms with E-state index >= 15 is 0 Å². The van der Waals surface area contributed by atoms with Crippen LogP contribution in [0.3, 0.4) is 0 Å². The largest absolute Gasteiger partial charge is 0.361 e. The summed E-state index contributed by atoms with van der Waals surface area (Å²) in [5.41, 5.74) is 1.05. The Kier molecular flexibility index (Phi) is 6.20. The van der Waals surface area contributed by atoms with E-state index < -0.39 is 36.7 Å². The lowest BCUT2D eigenvalue weighted by atomic mass is 9.88. The zero-order valence-electron chi connectivity index (χ0n) is 16.5. The van der Waals surface area contributed by atoms with Crippen molar-refractivity contribution in [1.82, 2.24) is 9.97 Å². The Morgan fingerprint density at radius 3 is 2.29 bits per heavy atom. The van der Waals surface area contributed by atoms with Crippen molar-refractivity contribution in [1.29, 1.82) is 0 Å². The maximum absolute atomic E-state index is 14.9. The molecule has 1 aliphatic rings. The summed E-state index contributed by atoms with van der Waals surface area (Å²) in [6, 6.07) is 10.00. The van der Waals surface area contributed by atoms with Gasteiger partial charge in [-0.15, -0.1) is 0 Å². The maximum atomic E-state index is 14.9. The number of rotatable bonds is 6. The molecule has 1 unspecified atom stereocenters. The fourth-order valence-electron chi connectivity index (χ4n) is 3.89. The van der Waals surface area contributed by atoms with Crippen molar-refractivity contribution >= 4 is 22.7 Å². The number of anilines is 2. The van der Waals surface area contributed by atoms with E-state index in [-0.39, 0.29) is 11.4 Å². The minimum Gasteiger partial charge on any atom is -0.361 e. The molecule has 1 saturated heterocycles. The van der Waals surface area contributed by atoms with Gasteiger partial charge < -0.3 is 10.2 Å². The summed E-state index contributed by atoms with van der Waals surface area (Å²) in [7, 11) is 0. The second-order valence-electron chi connectivity index (χ2n) is 7.55. The van der Waals surface area contributed by atoms with E-state index in [0.29, 0.717) is 48.8 Å². The van der Waals surface area contributed by atoms with E-state index in [1.807, 2.05) is 11.0 Å². The zero-order chi connectivity index (χ0) is 22.0. The molecule has 0 amide bonds. The van der Waals surface area contributed by atoms with Gasteiger partial charge in [-0.1, -0.05) is 18.2 Å². The van der Waals surface area contributed by atoms with Gasteiger partial charge in [0.15, 0.2) is 11.6 Å². The highest BCUT2D eigenvalue weighted by Crippen LogP contribution is 2.37. The highest BCUT2D eigenvalue weighted by Gasteiger charge is 2.31. The molecule has 0 aliphatic carbocycles. The van der Waals surface area contributed by atoms with Crippen LogP contribution in [0.1, 0.15) is 24.6 Å². The molecule has 2 aromatic carbocycles. The van der Waals surface area contributed by atoms with E-state index in [4.69, 9.17) is 0 Å². The molecule has 0 bridgehead atoms. The summed E-state index contributed by atoms with van der Waals surface area (Å²) >= 11 is 0. The van der Waals surface area contributed by atoms with Crippen molar-refractivity contribution in [3.05, 3.63) is 59.7 Å². The first-order chi connectivity index (χ1) is 14.9. The minimum absolute atomic E-state index is 0.148. The van der Waals surface area contributed by atoms with Crippen LogP contribution in [0.2, 0.25) is 0 Å². The second kappa shape index (κ2) is 9.03. The molecular weight excluding hydrogens is 415 g/mol. The Labute approximate surface area is 176 Å². The maximum Gasteiger partial charge on any atom is 0.255 e. The van der Waals surface area contributed by atoms with Crippen molar-refractivity contribution in [3.63, 3.8) is 0 Å². The summed E-state index contributed by atoms with van der Waals surface area (Å²) in [5.74, 6) is -1.40. The van der Waals surface area contributed by atoms with E-state index in [2.05, 4.69) is 15.3 Å². The lowest BCUT2D eigenvalue weighted by Crippen LogP contribution is -2.36. The molecule has 2 heterocycles. The predicted octanol–water partition coefficient (Wildman–Crippen LogP) is 5.51. The third-order valence-corrected chi connectivity index (χ3v) is 5.49. The SMILES string of the molecule is Fc1ccc(C(F)C2CCN(c3nc4ccccc4nc3NCC(F)F)CC2)c(F)c1. The van der Waals surface area contributed by atoms with Crippen LogP contribution in [0.5, 0.6) is 0 Å². The van der Waals surface area contributed by atoms with Crippen LogP contribution in [0.25, 0.3) is 11.0 Å². The molecule has 1 fully saturated rings. The molecule has 3 aromatic rings. The number of alkyl halides is 3. The first kappa shape index (κ1) is 21.3. The van der Waals surface area contributed by atoms with E-state index in [9.17, 15) is 22.0 Å². The minimum atomic E-state index is -2.55. The van der Waals surface area contributed by atoms with Crippen LogP contribution >= 0.6 is 0 Å². The van der Waals surface area contributed by atoms with Gasteiger partial charge in [-0.3, -0.25) is 0 Å². The van der Waals surface area contributed by atoms with E-state index in [1.54, 1.807) is 18.2 Å². The fourth-order valence-corrected chi connectivity index (χ4v) is 3.89. The van der Waals surface area contributed by atoms with Crippen molar-refractivity contribution in [2.75, 3.05) is 29.9 Å². The van der Waals surface area contributed by atoms with Crippen LogP contribution in [-0.4, -0.2) is 36.0 Å². The van der Waals surface area contributed by atoms with Gasteiger partial charge in [0.25, 0.3) is 6.43 Å². The van der Waals surface area contributed by atoms with Gasteiger partial charge >= 0.3 is 0 Å². The first-order valence-electron chi connectivity index (χ1n) is 10.0. The Balaban J connectivity index is 1.53. The molecule has 1 atom stereocenters. The fraction of sp³-hybridized carbons (Fsp3) is 0.364. The number of halogens is 5. The highest BCUT2D eigenvalue weighted by atomic mass is 19.3. The Morgan fingerprint density at radius 1 is 0.968 bits per heavy atom. The third-order valence-electron chi connectivity index (χ3n) is 5.49. The Morgan fingerprint density at radius 2 is 1.65 bits per heavy atom. The number of piperidine rings is 1. The molecule has 9 heteroatoms. The van der Waals surface area contributed by atoms with Crippen LogP contribution in [-0.2, 0) is 0 Å². The molecule has 31 heavy (non-hydrogen) atoms. The number of nitrogens with one attached hydrogen (secondary N) is 1. The molecule has 0 saturated carbocycles. The number of para-hydroxylation sites is 2. The Bertz CT molecular complexity index is 1050. The van der Waals surface area contributed by atoms with Crippen LogP contribution in [0.4, 0.5) is 33.6 Å². The molecule has 164 valence electrons. The molecule has 4 nitrogen and oxygen atoms in total. The van der Waals surface area contributed by atoms with Gasteiger partial charge in [0.1, 0.15) is 17.8 Å². The number of hydrogen-bond donors (Lipinski definition) is 1. The molecule has 1 aromatic heterocycles. The van der Waals surface area contributed by atoms with Gasteiger partial charge in [-0.2, -0.15) is 0 Å². The molecular formula is C22H21F5N4. The topological polar surface area (TPSA) is 41.1 Å². The van der Waals surface area contributed by atoms with Crippen molar-refractivity contribution in [2.45, 2.75) is 25.4 Å². The summed E-state index contributed by atoms with van der Waals surface area (Å²) in [4.78, 5) is 10.9. The molecule has 1 aliphatic heterocycles.